The van der Waals surface area contributed by atoms with Crippen LogP contribution in [-0.2, 0) is 4.79 Å². The molecule has 0 spiro atoms. The van der Waals surface area contributed by atoms with Crippen LogP contribution in [0.5, 0.6) is 0 Å². The summed E-state index contributed by atoms with van der Waals surface area (Å²) in [5.41, 5.74) is 7.59. The molecule has 2 N–H and O–H groups in total. The molecule has 2 saturated heterocycles. The summed E-state index contributed by atoms with van der Waals surface area (Å²) in [6, 6.07) is 14.1. The number of benzene rings is 1. The maximum absolute atomic E-state index is 12.8. The quantitative estimate of drug-likeness (QED) is 0.797. The maximum atomic E-state index is 12.8. The molecule has 2 fully saturated rings. The lowest BCUT2D eigenvalue weighted by molar-refractivity contribution is -0.133. The van der Waals surface area contributed by atoms with Gasteiger partial charge in [-0.3, -0.25) is 14.5 Å². The van der Waals surface area contributed by atoms with E-state index in [1.165, 1.54) is 16.9 Å². The molecule has 4 rings (SSSR count). The zero-order valence-electron chi connectivity index (χ0n) is 16.3. The van der Waals surface area contributed by atoms with E-state index in [1.54, 1.807) is 0 Å². The minimum absolute atomic E-state index is 0. The third kappa shape index (κ3) is 4.98. The van der Waals surface area contributed by atoms with Gasteiger partial charge < -0.3 is 15.5 Å². The monoisotopic (exact) mass is 434 g/mol. The van der Waals surface area contributed by atoms with Gasteiger partial charge in [-0.05, 0) is 17.0 Å². The van der Waals surface area contributed by atoms with Crippen LogP contribution in [0.1, 0.15) is 21.2 Å². The predicted molar refractivity (Wildman–Crippen MR) is 118 cm³/mol. The Bertz CT molecular complexity index is 809. The van der Waals surface area contributed by atoms with Crippen molar-refractivity contribution in [2.45, 2.75) is 12.0 Å². The van der Waals surface area contributed by atoms with Gasteiger partial charge >= 0.3 is 0 Å². The van der Waals surface area contributed by atoms with Gasteiger partial charge in [0.15, 0.2) is 0 Å². The van der Waals surface area contributed by atoms with E-state index in [-0.39, 0.29) is 36.2 Å². The van der Waals surface area contributed by atoms with Crippen LogP contribution < -0.4 is 5.73 Å². The number of hydrogen-bond donors (Lipinski definition) is 1. The largest absolute Gasteiger partial charge is 0.338 e. The van der Waals surface area contributed by atoms with Gasteiger partial charge in [0.1, 0.15) is 0 Å². The smallest absolute Gasteiger partial charge is 0.264 e. The molecule has 0 unspecified atom stereocenters. The Hall–Kier alpha value is -1.93. The predicted octanol–water partition coefficient (Wildman–Crippen LogP) is 1.88. The van der Waals surface area contributed by atoms with Crippen molar-refractivity contribution in [2.75, 3.05) is 45.8 Å². The number of rotatable bonds is 4. The molecule has 3 heterocycles. The van der Waals surface area contributed by atoms with Crippen LogP contribution in [0.15, 0.2) is 47.8 Å². The molecule has 0 radical (unpaired) electrons. The second-order valence-electron chi connectivity index (χ2n) is 7.53. The van der Waals surface area contributed by atoms with Crippen LogP contribution >= 0.6 is 23.7 Å². The molecule has 2 aliphatic heterocycles. The summed E-state index contributed by atoms with van der Waals surface area (Å²) in [6.45, 7) is 4.32. The van der Waals surface area contributed by atoms with E-state index in [0.717, 1.165) is 18.0 Å². The van der Waals surface area contributed by atoms with E-state index in [2.05, 4.69) is 17.0 Å². The summed E-state index contributed by atoms with van der Waals surface area (Å²) >= 11 is 1.46. The number of hydrogen-bond acceptors (Lipinski definition) is 5. The number of carbonyl (C=O) groups is 2. The Morgan fingerprint density at radius 2 is 1.66 bits per heavy atom. The zero-order valence-corrected chi connectivity index (χ0v) is 17.9. The Morgan fingerprint density at radius 1 is 0.966 bits per heavy atom. The third-order valence-corrected chi connectivity index (χ3v) is 6.54. The van der Waals surface area contributed by atoms with Gasteiger partial charge in [-0.1, -0.05) is 36.4 Å². The molecule has 2 amide bonds. The van der Waals surface area contributed by atoms with Crippen LogP contribution in [0.4, 0.5) is 0 Å². The van der Waals surface area contributed by atoms with Crippen molar-refractivity contribution in [3.8, 4) is 0 Å². The molecule has 2 aromatic rings. The number of halogens is 1. The summed E-state index contributed by atoms with van der Waals surface area (Å²) in [4.78, 5) is 31.8. The first kappa shape index (κ1) is 21.8. The molecule has 156 valence electrons. The molecule has 1 aromatic heterocycles. The van der Waals surface area contributed by atoms with Gasteiger partial charge in [0.05, 0.1) is 11.4 Å². The molecular weight excluding hydrogens is 408 g/mol. The lowest BCUT2D eigenvalue weighted by atomic mass is 9.95. The van der Waals surface area contributed by atoms with Crippen LogP contribution in [0.3, 0.4) is 0 Å². The summed E-state index contributed by atoms with van der Waals surface area (Å²) in [5, 5.41) is 1.91. The Balaban J connectivity index is 0.00000240. The highest BCUT2D eigenvalue weighted by molar-refractivity contribution is 7.12. The van der Waals surface area contributed by atoms with Crippen LogP contribution in [0.2, 0.25) is 0 Å². The Labute approximate surface area is 181 Å². The second-order valence-corrected chi connectivity index (χ2v) is 8.47. The van der Waals surface area contributed by atoms with Gasteiger partial charge in [-0.15, -0.1) is 23.7 Å². The average molecular weight is 435 g/mol. The minimum atomic E-state index is 0. The lowest BCUT2D eigenvalue weighted by Gasteiger charge is -2.35. The second kappa shape index (κ2) is 9.71. The molecule has 8 heteroatoms. The number of amides is 2. The van der Waals surface area contributed by atoms with Gasteiger partial charge in [0.25, 0.3) is 5.91 Å². The first-order chi connectivity index (χ1) is 13.6. The molecule has 0 saturated carbocycles. The molecule has 2 aliphatic rings. The van der Waals surface area contributed by atoms with E-state index in [0.29, 0.717) is 32.7 Å². The van der Waals surface area contributed by atoms with Gasteiger partial charge in [0.2, 0.25) is 5.91 Å². The highest BCUT2D eigenvalue weighted by Crippen LogP contribution is 2.26. The number of nitrogens with zero attached hydrogens (tertiary/aromatic N) is 3. The van der Waals surface area contributed by atoms with Crippen LogP contribution in [0, 0.1) is 0 Å². The van der Waals surface area contributed by atoms with Crippen molar-refractivity contribution in [1.29, 1.82) is 0 Å². The summed E-state index contributed by atoms with van der Waals surface area (Å²) in [5.74, 6) is 0.469. The number of carbonyl (C=O) groups excluding carboxylic acids is 2. The molecule has 2 atom stereocenters. The highest BCUT2D eigenvalue weighted by atomic mass is 35.5. The number of thiophene rings is 1. The Kier molecular flexibility index (Phi) is 7.29. The molecular formula is C21H27ClN4O2S. The molecule has 1 aromatic carbocycles. The fraction of sp³-hybridized carbons (Fsp3) is 0.429. The average Bonchev–Trinajstić information content (AvgIpc) is 3.38. The van der Waals surface area contributed by atoms with Gasteiger partial charge in [-0.25, -0.2) is 0 Å². The molecule has 29 heavy (non-hydrogen) atoms. The van der Waals surface area contributed by atoms with Gasteiger partial charge in [0, 0.05) is 51.2 Å². The van der Waals surface area contributed by atoms with Crippen LogP contribution in [0.25, 0.3) is 0 Å². The zero-order chi connectivity index (χ0) is 19.5. The van der Waals surface area contributed by atoms with E-state index >= 15 is 0 Å². The highest BCUT2D eigenvalue weighted by Gasteiger charge is 2.33. The fourth-order valence-corrected chi connectivity index (χ4v) is 4.79. The van der Waals surface area contributed by atoms with Crippen molar-refractivity contribution >= 4 is 35.6 Å². The van der Waals surface area contributed by atoms with E-state index < -0.39 is 0 Å². The van der Waals surface area contributed by atoms with Crippen molar-refractivity contribution < 1.29 is 9.59 Å². The first-order valence-electron chi connectivity index (χ1n) is 9.75. The lowest BCUT2D eigenvalue weighted by Crippen LogP contribution is -2.52. The summed E-state index contributed by atoms with van der Waals surface area (Å²) in [6.07, 6.45) is 0. The third-order valence-electron chi connectivity index (χ3n) is 5.68. The molecule has 0 bridgehead atoms. The minimum Gasteiger partial charge on any atom is -0.338 e. The normalized spacial score (nSPS) is 22.4. The summed E-state index contributed by atoms with van der Waals surface area (Å²) < 4.78 is 0. The SMILES string of the molecule is Cl.N[C@@H]1CN(CC(=O)N2CCN(C(=O)c3cccs3)CC2)C[C@H]1c1ccccc1. The van der Waals surface area contributed by atoms with E-state index in [4.69, 9.17) is 5.73 Å². The van der Waals surface area contributed by atoms with Gasteiger partial charge in [-0.2, -0.15) is 0 Å². The Morgan fingerprint density at radius 3 is 2.31 bits per heavy atom. The van der Waals surface area contributed by atoms with Crippen molar-refractivity contribution in [2.24, 2.45) is 5.73 Å². The van der Waals surface area contributed by atoms with Crippen molar-refractivity contribution in [3.05, 3.63) is 58.3 Å². The first-order valence-corrected chi connectivity index (χ1v) is 10.6. The van der Waals surface area contributed by atoms with Crippen molar-refractivity contribution in [3.63, 3.8) is 0 Å². The van der Waals surface area contributed by atoms with E-state index in [1.807, 2.05) is 45.5 Å². The summed E-state index contributed by atoms with van der Waals surface area (Å²) in [7, 11) is 0. The number of likely N-dealkylation sites (tertiary alicyclic amines) is 1. The van der Waals surface area contributed by atoms with E-state index in [9.17, 15) is 9.59 Å². The number of nitrogens with two attached hydrogens (primary N) is 1. The standard InChI is InChI=1S/C21H26N4O2S.ClH/c22-18-14-23(13-17(18)16-5-2-1-3-6-16)15-20(26)24-8-10-25(11-9-24)21(27)19-7-4-12-28-19;/h1-7,12,17-18H,8-11,13-15,22H2;1H/t17-,18+;/m0./s1. The van der Waals surface area contributed by atoms with Crippen molar-refractivity contribution in [1.82, 2.24) is 14.7 Å². The fourth-order valence-electron chi connectivity index (χ4n) is 4.10. The maximum Gasteiger partial charge on any atom is 0.264 e. The molecule has 0 aliphatic carbocycles. The molecule has 6 nitrogen and oxygen atoms in total. The van der Waals surface area contributed by atoms with Crippen LogP contribution in [-0.4, -0.2) is 78.4 Å². The number of piperazine rings is 1. The topological polar surface area (TPSA) is 69.9 Å².